The van der Waals surface area contributed by atoms with Gasteiger partial charge in [-0.2, -0.15) is 0 Å². The lowest BCUT2D eigenvalue weighted by atomic mass is 9.86. The van der Waals surface area contributed by atoms with Gasteiger partial charge in [-0.1, -0.05) is 31.2 Å². The number of hydrogen-bond acceptors (Lipinski definition) is 4. The molecule has 0 atom stereocenters. The molecular formula is C14H19ClN4O. The van der Waals surface area contributed by atoms with Crippen molar-refractivity contribution in [3.8, 4) is 0 Å². The zero-order valence-electron chi connectivity index (χ0n) is 11.3. The summed E-state index contributed by atoms with van der Waals surface area (Å²) in [5, 5.41) is 2.59. The Morgan fingerprint density at radius 2 is 2.20 bits per heavy atom. The Morgan fingerprint density at radius 1 is 1.50 bits per heavy atom. The molecule has 108 valence electrons. The van der Waals surface area contributed by atoms with Crippen LogP contribution in [0.15, 0.2) is 46.3 Å². The van der Waals surface area contributed by atoms with E-state index >= 15 is 0 Å². The minimum atomic E-state index is -0.464. The topological polar surface area (TPSA) is 79.8 Å². The van der Waals surface area contributed by atoms with Crippen LogP contribution in [0.4, 0.5) is 0 Å². The summed E-state index contributed by atoms with van der Waals surface area (Å²) in [4.78, 5) is 19.9. The number of hydrogen-bond donors (Lipinski definition) is 2. The van der Waals surface area contributed by atoms with E-state index in [1.807, 2.05) is 0 Å². The minimum absolute atomic E-state index is 0.00646. The molecule has 1 aliphatic carbocycles. The van der Waals surface area contributed by atoms with E-state index in [1.54, 1.807) is 6.21 Å². The Labute approximate surface area is 124 Å². The highest BCUT2D eigenvalue weighted by Gasteiger charge is 2.16. The van der Waals surface area contributed by atoms with Crippen LogP contribution in [-0.4, -0.2) is 24.4 Å². The number of nitrogens with two attached hydrogens (primary N) is 1. The standard InChI is InChI=1S/C14H19ClN4O/c1-3-13(18-10(2)15)14(20)19-12(7-16)9-17-8-11-5-4-6-11/h3,7,9,11H,1-2,4-6,8,16H2,(H,19,20)/b12-7+,17-9?,18-13+. The van der Waals surface area contributed by atoms with Gasteiger partial charge in [-0.15, -0.1) is 0 Å². The third-order valence-corrected chi connectivity index (χ3v) is 3.01. The molecule has 1 rings (SSSR count). The third kappa shape index (κ3) is 5.40. The molecule has 3 N–H and O–H groups in total. The first-order valence-electron chi connectivity index (χ1n) is 6.35. The van der Waals surface area contributed by atoms with Crippen LogP contribution in [0.5, 0.6) is 0 Å². The summed E-state index contributed by atoms with van der Waals surface area (Å²) < 4.78 is 0. The fraction of sp³-hybridized carbons (Fsp3) is 0.357. The molecule has 5 nitrogen and oxygen atoms in total. The monoisotopic (exact) mass is 294 g/mol. The van der Waals surface area contributed by atoms with Crippen LogP contribution in [0, 0.1) is 5.92 Å². The number of aliphatic imine (C=N–C) groups is 2. The van der Waals surface area contributed by atoms with Crippen LogP contribution in [0.2, 0.25) is 0 Å². The molecule has 0 unspecified atom stereocenters. The Morgan fingerprint density at radius 3 is 2.65 bits per heavy atom. The van der Waals surface area contributed by atoms with E-state index in [1.165, 1.54) is 31.5 Å². The van der Waals surface area contributed by atoms with Crippen molar-refractivity contribution in [1.82, 2.24) is 5.32 Å². The molecule has 0 saturated heterocycles. The van der Waals surface area contributed by atoms with Crippen molar-refractivity contribution in [2.24, 2.45) is 21.6 Å². The van der Waals surface area contributed by atoms with Crippen LogP contribution in [0.3, 0.4) is 0 Å². The first kappa shape index (κ1) is 16.2. The summed E-state index contributed by atoms with van der Waals surface area (Å²) >= 11 is 5.53. The summed E-state index contributed by atoms with van der Waals surface area (Å²) in [5.41, 5.74) is 5.92. The van der Waals surface area contributed by atoms with Crippen molar-refractivity contribution in [3.63, 3.8) is 0 Å². The molecule has 6 heteroatoms. The molecule has 0 radical (unpaired) electrons. The molecule has 0 heterocycles. The molecule has 0 aromatic carbocycles. The first-order valence-corrected chi connectivity index (χ1v) is 6.73. The molecule has 1 aliphatic rings. The number of carbonyl (C=O) groups is 1. The Bertz CT molecular complexity index is 476. The fourth-order valence-electron chi connectivity index (χ4n) is 1.61. The molecule has 1 amide bonds. The normalized spacial score (nSPS) is 16.9. The van der Waals surface area contributed by atoms with E-state index in [0.717, 1.165) is 6.54 Å². The molecule has 20 heavy (non-hydrogen) atoms. The highest BCUT2D eigenvalue weighted by Crippen LogP contribution is 2.26. The SMILES string of the molecule is C=C/C(=N\C(=C)Cl)C(=O)N/C(C=NCC1CCC1)=C/N. The Kier molecular flexibility index (Phi) is 6.73. The van der Waals surface area contributed by atoms with Gasteiger partial charge in [-0.05, 0) is 24.8 Å². The van der Waals surface area contributed by atoms with Gasteiger partial charge in [0.2, 0.25) is 0 Å². The lowest BCUT2D eigenvalue weighted by molar-refractivity contribution is -0.113. The van der Waals surface area contributed by atoms with Crippen LogP contribution in [0.1, 0.15) is 19.3 Å². The van der Waals surface area contributed by atoms with Crippen LogP contribution < -0.4 is 11.1 Å². The molecular weight excluding hydrogens is 276 g/mol. The predicted octanol–water partition coefficient (Wildman–Crippen LogP) is 2.11. The van der Waals surface area contributed by atoms with Crippen LogP contribution >= 0.6 is 11.6 Å². The van der Waals surface area contributed by atoms with Crippen LogP contribution in [0.25, 0.3) is 0 Å². The summed E-state index contributed by atoms with van der Waals surface area (Å²) in [6.45, 7) is 7.65. The second-order valence-electron chi connectivity index (χ2n) is 4.44. The van der Waals surface area contributed by atoms with Crippen molar-refractivity contribution in [3.05, 3.63) is 36.3 Å². The number of carbonyl (C=O) groups excluding carboxylic acids is 1. The minimum Gasteiger partial charge on any atom is -0.403 e. The lowest BCUT2D eigenvalue weighted by Gasteiger charge is -2.22. The highest BCUT2D eigenvalue weighted by atomic mass is 35.5. The molecule has 0 spiro atoms. The van der Waals surface area contributed by atoms with Crippen LogP contribution in [-0.2, 0) is 4.79 Å². The van der Waals surface area contributed by atoms with Crippen molar-refractivity contribution >= 4 is 29.4 Å². The second kappa shape index (κ2) is 8.32. The van der Waals surface area contributed by atoms with Gasteiger partial charge in [0.1, 0.15) is 10.9 Å². The average molecular weight is 295 g/mol. The van der Waals surface area contributed by atoms with Crippen molar-refractivity contribution in [1.29, 1.82) is 0 Å². The molecule has 0 aromatic heterocycles. The van der Waals surface area contributed by atoms with Gasteiger partial charge in [0.15, 0.2) is 0 Å². The summed E-state index contributed by atoms with van der Waals surface area (Å²) in [6, 6.07) is 0. The van der Waals surface area contributed by atoms with Crippen molar-refractivity contribution in [2.75, 3.05) is 6.54 Å². The highest BCUT2D eigenvalue weighted by molar-refractivity contribution is 6.45. The molecule has 0 aromatic rings. The van der Waals surface area contributed by atoms with Gasteiger partial charge in [0, 0.05) is 19.0 Å². The number of halogens is 1. The largest absolute Gasteiger partial charge is 0.403 e. The number of rotatable bonds is 7. The summed E-state index contributed by atoms with van der Waals surface area (Å²) in [5.74, 6) is 0.194. The second-order valence-corrected chi connectivity index (χ2v) is 4.88. The molecule has 1 saturated carbocycles. The van der Waals surface area contributed by atoms with Gasteiger partial charge in [-0.25, -0.2) is 4.99 Å². The van der Waals surface area contributed by atoms with E-state index in [9.17, 15) is 4.79 Å². The maximum absolute atomic E-state index is 11.9. The molecule has 0 bridgehead atoms. The number of allylic oxidation sites excluding steroid dienone is 1. The van der Waals surface area contributed by atoms with Gasteiger partial charge >= 0.3 is 0 Å². The number of amides is 1. The summed E-state index contributed by atoms with van der Waals surface area (Å²) in [6.07, 6.45) is 7.83. The lowest BCUT2D eigenvalue weighted by Crippen LogP contribution is -2.30. The molecule has 1 fully saturated rings. The zero-order chi connectivity index (χ0) is 15.0. The zero-order valence-corrected chi connectivity index (χ0v) is 12.1. The van der Waals surface area contributed by atoms with Gasteiger partial charge in [-0.3, -0.25) is 9.79 Å². The number of nitrogens with one attached hydrogen (secondary N) is 1. The smallest absolute Gasteiger partial charge is 0.274 e. The van der Waals surface area contributed by atoms with E-state index in [-0.39, 0.29) is 10.9 Å². The summed E-state index contributed by atoms with van der Waals surface area (Å²) in [7, 11) is 0. The van der Waals surface area contributed by atoms with Gasteiger partial charge in [0.05, 0.1) is 5.70 Å². The van der Waals surface area contributed by atoms with E-state index in [4.69, 9.17) is 17.3 Å². The number of nitrogens with zero attached hydrogens (tertiary/aromatic N) is 2. The third-order valence-electron chi connectivity index (χ3n) is 2.92. The van der Waals surface area contributed by atoms with Crippen molar-refractivity contribution < 1.29 is 4.79 Å². The Hall–Kier alpha value is -1.88. The van der Waals surface area contributed by atoms with Gasteiger partial charge in [0.25, 0.3) is 5.91 Å². The maximum atomic E-state index is 11.9. The quantitative estimate of drug-likeness (QED) is 0.557. The average Bonchev–Trinajstić information content (AvgIpc) is 2.36. The first-order chi connectivity index (χ1) is 9.56. The van der Waals surface area contributed by atoms with E-state index < -0.39 is 5.91 Å². The fourth-order valence-corrected chi connectivity index (χ4v) is 1.70. The van der Waals surface area contributed by atoms with Crippen molar-refractivity contribution in [2.45, 2.75) is 19.3 Å². The van der Waals surface area contributed by atoms with Gasteiger partial charge < -0.3 is 11.1 Å². The predicted molar refractivity (Wildman–Crippen MR) is 83.7 cm³/mol. The molecule has 0 aliphatic heterocycles. The van der Waals surface area contributed by atoms with E-state index in [2.05, 4.69) is 28.5 Å². The Balaban J connectivity index is 2.56. The maximum Gasteiger partial charge on any atom is 0.274 e. The van der Waals surface area contributed by atoms with E-state index in [0.29, 0.717) is 11.6 Å².